The van der Waals surface area contributed by atoms with E-state index >= 15 is 0 Å². The summed E-state index contributed by atoms with van der Waals surface area (Å²) in [6, 6.07) is 0. The van der Waals surface area contributed by atoms with Crippen molar-refractivity contribution in [3.63, 3.8) is 0 Å². The zero-order valence-electron chi connectivity index (χ0n) is 7.07. The van der Waals surface area contributed by atoms with E-state index in [9.17, 15) is 9.00 Å². The third-order valence-electron chi connectivity index (χ3n) is 1.34. The summed E-state index contributed by atoms with van der Waals surface area (Å²) < 4.78 is 18.2. The lowest BCUT2D eigenvalue weighted by Gasteiger charge is -2.07. The average Bonchev–Trinajstić information content (AvgIpc) is 2.00. The first-order valence-corrected chi connectivity index (χ1v) is 4.75. The van der Waals surface area contributed by atoms with Crippen LogP contribution in [-0.2, 0) is 20.9 Å². The van der Waals surface area contributed by atoms with Crippen molar-refractivity contribution in [3.05, 3.63) is 0 Å². The van der Waals surface area contributed by atoms with Gasteiger partial charge in [-0.2, -0.15) is 0 Å². The van der Waals surface area contributed by atoms with Crippen molar-refractivity contribution < 1.29 is 18.4 Å². The van der Waals surface area contributed by atoms with Gasteiger partial charge in [-0.1, -0.05) is 20.3 Å². The second-order valence-corrected chi connectivity index (χ2v) is 3.11. The first kappa shape index (κ1) is 11.5. The normalized spacial score (nSPS) is 15.2. The summed E-state index contributed by atoms with van der Waals surface area (Å²) in [7, 11) is 0. The maximum absolute atomic E-state index is 10.9. The molecule has 0 aromatic carbocycles. The van der Waals surface area contributed by atoms with Crippen LogP contribution in [0.3, 0.4) is 0 Å². The molecule has 0 aliphatic carbocycles. The van der Waals surface area contributed by atoms with Crippen molar-refractivity contribution in [2.75, 3.05) is 0 Å². The molecule has 12 heavy (non-hydrogen) atoms. The van der Waals surface area contributed by atoms with E-state index < -0.39 is 17.2 Å². The van der Waals surface area contributed by atoms with Crippen molar-refractivity contribution in [1.29, 1.82) is 0 Å². The highest BCUT2D eigenvalue weighted by Crippen LogP contribution is 2.05. The lowest BCUT2D eigenvalue weighted by atomic mass is 10.1. The van der Waals surface area contributed by atoms with Crippen molar-refractivity contribution >= 4 is 17.2 Å². The smallest absolute Gasteiger partial charge is 0.328 e. The molecule has 0 saturated heterocycles. The van der Waals surface area contributed by atoms with Crippen LogP contribution in [0.5, 0.6) is 0 Å². The minimum atomic E-state index is -2.30. The van der Waals surface area contributed by atoms with Crippen molar-refractivity contribution in [3.8, 4) is 0 Å². The minimum absolute atomic E-state index is 0.244. The molecule has 0 heterocycles. The zero-order valence-corrected chi connectivity index (χ0v) is 7.89. The third-order valence-corrected chi connectivity index (χ3v) is 1.56. The van der Waals surface area contributed by atoms with Crippen LogP contribution in [0.25, 0.3) is 0 Å². The van der Waals surface area contributed by atoms with Crippen molar-refractivity contribution in [1.82, 2.24) is 4.89 Å². The summed E-state index contributed by atoms with van der Waals surface area (Å²) in [5, 5.41) is 0. The molecule has 2 unspecified atom stereocenters. The van der Waals surface area contributed by atoms with Gasteiger partial charge in [0.05, 0.1) is 5.92 Å². The van der Waals surface area contributed by atoms with Crippen LogP contribution < -0.4 is 4.89 Å². The van der Waals surface area contributed by atoms with Crippen LogP contribution in [0.2, 0.25) is 0 Å². The van der Waals surface area contributed by atoms with Gasteiger partial charge in [-0.25, -0.2) is 4.21 Å². The largest absolute Gasteiger partial charge is 0.356 e. The van der Waals surface area contributed by atoms with Crippen LogP contribution >= 0.6 is 0 Å². The fourth-order valence-corrected chi connectivity index (χ4v) is 0.882. The van der Waals surface area contributed by atoms with Gasteiger partial charge in [-0.05, 0) is 11.3 Å². The van der Waals surface area contributed by atoms with Crippen LogP contribution in [0.4, 0.5) is 0 Å². The van der Waals surface area contributed by atoms with Gasteiger partial charge < -0.3 is 4.84 Å². The zero-order chi connectivity index (χ0) is 9.56. The summed E-state index contributed by atoms with van der Waals surface area (Å²) >= 11 is -2.30. The second-order valence-electron chi connectivity index (χ2n) is 2.44. The molecule has 0 fully saturated rings. The van der Waals surface area contributed by atoms with E-state index in [1.807, 2.05) is 6.92 Å². The molecule has 0 aliphatic heterocycles. The van der Waals surface area contributed by atoms with E-state index in [1.54, 1.807) is 11.8 Å². The van der Waals surface area contributed by atoms with Crippen LogP contribution in [-0.4, -0.2) is 14.7 Å². The summed E-state index contributed by atoms with van der Waals surface area (Å²) in [6.45, 7) is 3.65. The highest BCUT2D eigenvalue weighted by Gasteiger charge is 2.13. The Bertz CT molecular complexity index is 173. The third kappa shape index (κ3) is 5.22. The van der Waals surface area contributed by atoms with Gasteiger partial charge in [-0.3, -0.25) is 9.35 Å². The van der Waals surface area contributed by atoms with Crippen LogP contribution in [0, 0.1) is 5.92 Å². The second kappa shape index (κ2) is 6.10. The standard InChI is InChI=1S/C6H13NO4S/c1-3-4-5(2)6(8)11-7-12(9)10/h5,7H,3-4H2,1-2H3,(H,9,10). The highest BCUT2D eigenvalue weighted by atomic mass is 32.2. The number of rotatable bonds is 5. The Morgan fingerprint density at radius 1 is 1.75 bits per heavy atom. The summed E-state index contributed by atoms with van der Waals surface area (Å²) in [4.78, 5) is 16.8. The fourth-order valence-electron chi connectivity index (χ4n) is 0.728. The molecule has 0 aromatic heterocycles. The Morgan fingerprint density at radius 3 is 2.75 bits per heavy atom. The fraction of sp³-hybridized carbons (Fsp3) is 0.833. The van der Waals surface area contributed by atoms with Gasteiger partial charge in [0, 0.05) is 0 Å². The average molecular weight is 195 g/mol. The Hall–Kier alpha value is -0.460. The van der Waals surface area contributed by atoms with Gasteiger partial charge in [0.2, 0.25) is 0 Å². The molecule has 6 heteroatoms. The number of carbonyl (C=O) groups excluding carboxylic acids is 1. The first-order chi connectivity index (χ1) is 5.57. The molecule has 0 radical (unpaired) electrons. The first-order valence-electron chi connectivity index (χ1n) is 3.65. The van der Waals surface area contributed by atoms with Gasteiger partial charge >= 0.3 is 5.97 Å². The Kier molecular flexibility index (Phi) is 5.87. The van der Waals surface area contributed by atoms with Gasteiger partial charge in [0.25, 0.3) is 11.3 Å². The molecule has 0 aromatic rings. The lowest BCUT2D eigenvalue weighted by Crippen LogP contribution is -2.25. The van der Waals surface area contributed by atoms with Crippen molar-refractivity contribution in [2.24, 2.45) is 5.92 Å². The summed E-state index contributed by atoms with van der Waals surface area (Å²) in [5.41, 5.74) is 0. The maximum Gasteiger partial charge on any atom is 0.328 e. The molecular weight excluding hydrogens is 182 g/mol. The van der Waals surface area contributed by atoms with Gasteiger partial charge in [0.1, 0.15) is 0 Å². The molecule has 0 bridgehead atoms. The molecule has 2 N–H and O–H groups in total. The van der Waals surface area contributed by atoms with E-state index in [0.29, 0.717) is 6.42 Å². The molecule has 0 rings (SSSR count). The van der Waals surface area contributed by atoms with E-state index in [1.165, 1.54) is 0 Å². The van der Waals surface area contributed by atoms with Gasteiger partial charge in [0.15, 0.2) is 0 Å². The van der Waals surface area contributed by atoms with E-state index in [-0.39, 0.29) is 5.92 Å². The predicted octanol–water partition coefficient (Wildman–Crippen LogP) is 0.607. The maximum atomic E-state index is 10.9. The van der Waals surface area contributed by atoms with Crippen molar-refractivity contribution in [2.45, 2.75) is 26.7 Å². The SMILES string of the molecule is CCCC(C)C(=O)ONS(=O)O. The summed E-state index contributed by atoms with van der Waals surface area (Å²) in [6.07, 6.45) is 1.58. The topological polar surface area (TPSA) is 75.6 Å². The van der Waals surface area contributed by atoms with E-state index in [2.05, 4.69) is 4.84 Å². The Morgan fingerprint density at radius 2 is 2.33 bits per heavy atom. The number of carbonyl (C=O) groups is 1. The molecule has 0 spiro atoms. The number of hydrogen-bond donors (Lipinski definition) is 2. The van der Waals surface area contributed by atoms with Crippen LogP contribution in [0.15, 0.2) is 0 Å². The molecule has 5 nitrogen and oxygen atoms in total. The minimum Gasteiger partial charge on any atom is -0.356 e. The molecule has 2 atom stereocenters. The number of hydrogen-bond acceptors (Lipinski definition) is 3. The highest BCUT2D eigenvalue weighted by molar-refractivity contribution is 7.76. The van der Waals surface area contributed by atoms with E-state index in [4.69, 9.17) is 4.55 Å². The molecule has 0 aliphatic rings. The Balaban J connectivity index is 3.64. The molecule has 0 saturated carbocycles. The molecular formula is C6H13NO4S. The Labute approximate surface area is 73.9 Å². The predicted molar refractivity (Wildman–Crippen MR) is 44.1 cm³/mol. The monoisotopic (exact) mass is 195 g/mol. The molecule has 72 valence electrons. The quantitative estimate of drug-likeness (QED) is 0.497. The number of nitrogens with one attached hydrogen (secondary N) is 1. The lowest BCUT2D eigenvalue weighted by molar-refractivity contribution is -0.151. The van der Waals surface area contributed by atoms with Crippen LogP contribution in [0.1, 0.15) is 26.7 Å². The van der Waals surface area contributed by atoms with E-state index in [0.717, 1.165) is 6.42 Å². The molecule has 0 amide bonds. The van der Waals surface area contributed by atoms with Gasteiger partial charge in [-0.15, -0.1) is 0 Å². The summed E-state index contributed by atoms with van der Waals surface area (Å²) in [5.74, 6) is -0.759.